The van der Waals surface area contributed by atoms with Crippen molar-refractivity contribution in [1.82, 2.24) is 5.32 Å². The monoisotopic (exact) mass is 350 g/mol. The molecule has 2 amide bonds. The van der Waals surface area contributed by atoms with Crippen LogP contribution in [0.1, 0.15) is 16.1 Å². The molecule has 2 rings (SSSR count). The largest absolute Gasteiger partial charge is 0.459 e. The van der Waals surface area contributed by atoms with Crippen molar-refractivity contribution in [3.8, 4) is 0 Å². The van der Waals surface area contributed by atoms with Gasteiger partial charge in [0.15, 0.2) is 12.4 Å². The Morgan fingerprint density at radius 3 is 2.71 bits per heavy atom. The standard InChI is InChI=1S/C16H15ClN2O5/c1-10-7-11(17)4-5-12(10)19-14(20)9-24-15(21)8-18-16(22)13-3-2-6-23-13/h2-7H,8-9H2,1H3,(H,18,22)(H,19,20). The Bertz CT molecular complexity index is 743. The molecule has 0 unspecified atom stereocenters. The third-order valence-electron chi connectivity index (χ3n) is 2.97. The van der Waals surface area contributed by atoms with Crippen molar-refractivity contribution in [2.24, 2.45) is 0 Å². The average molecular weight is 351 g/mol. The molecule has 1 heterocycles. The summed E-state index contributed by atoms with van der Waals surface area (Å²) in [6.45, 7) is 0.960. The highest BCUT2D eigenvalue weighted by molar-refractivity contribution is 6.30. The van der Waals surface area contributed by atoms with Gasteiger partial charge in [-0.25, -0.2) is 0 Å². The highest BCUT2D eigenvalue weighted by atomic mass is 35.5. The summed E-state index contributed by atoms with van der Waals surface area (Å²) in [5.41, 5.74) is 1.36. The van der Waals surface area contributed by atoms with Crippen LogP contribution in [0.4, 0.5) is 5.69 Å². The van der Waals surface area contributed by atoms with Crippen LogP contribution in [0, 0.1) is 6.92 Å². The Morgan fingerprint density at radius 1 is 1.25 bits per heavy atom. The van der Waals surface area contributed by atoms with Crippen LogP contribution >= 0.6 is 11.6 Å². The fourth-order valence-corrected chi connectivity index (χ4v) is 2.02. The number of esters is 1. The van der Waals surface area contributed by atoms with Gasteiger partial charge in [0.05, 0.1) is 6.26 Å². The summed E-state index contributed by atoms with van der Waals surface area (Å²) in [7, 11) is 0. The first-order chi connectivity index (χ1) is 11.5. The van der Waals surface area contributed by atoms with Gasteiger partial charge in [-0.1, -0.05) is 11.6 Å². The summed E-state index contributed by atoms with van der Waals surface area (Å²) in [4.78, 5) is 34.8. The molecule has 2 N–H and O–H groups in total. The van der Waals surface area contributed by atoms with Gasteiger partial charge in [-0.05, 0) is 42.8 Å². The quantitative estimate of drug-likeness (QED) is 0.778. The van der Waals surface area contributed by atoms with Gasteiger partial charge in [0.2, 0.25) is 0 Å². The fourth-order valence-electron chi connectivity index (χ4n) is 1.80. The number of halogens is 1. The lowest BCUT2D eigenvalue weighted by Gasteiger charge is -2.09. The van der Waals surface area contributed by atoms with Crippen molar-refractivity contribution in [1.29, 1.82) is 0 Å². The molecule has 0 spiro atoms. The van der Waals surface area contributed by atoms with Gasteiger partial charge in [0.1, 0.15) is 6.54 Å². The summed E-state index contributed by atoms with van der Waals surface area (Å²) >= 11 is 5.83. The Labute approximate surface area is 142 Å². The maximum absolute atomic E-state index is 11.8. The molecule has 0 bridgehead atoms. The van der Waals surface area contributed by atoms with Gasteiger partial charge >= 0.3 is 5.97 Å². The van der Waals surface area contributed by atoms with Crippen molar-refractivity contribution >= 4 is 35.1 Å². The number of carbonyl (C=O) groups is 3. The lowest BCUT2D eigenvalue weighted by molar-refractivity contribution is -0.146. The molecular formula is C16H15ClN2O5. The molecule has 7 nitrogen and oxygen atoms in total. The molecule has 1 aromatic heterocycles. The molecule has 0 fully saturated rings. The summed E-state index contributed by atoms with van der Waals surface area (Å²) in [5.74, 6) is -1.69. The van der Waals surface area contributed by atoms with Crippen molar-refractivity contribution in [2.75, 3.05) is 18.5 Å². The van der Waals surface area contributed by atoms with Crippen LogP contribution in [0.3, 0.4) is 0 Å². The number of amides is 2. The SMILES string of the molecule is Cc1cc(Cl)ccc1NC(=O)COC(=O)CNC(=O)c1ccco1. The molecule has 2 aromatic rings. The van der Waals surface area contributed by atoms with Gasteiger partial charge in [-0.15, -0.1) is 0 Å². The lowest BCUT2D eigenvalue weighted by Crippen LogP contribution is -2.32. The molecule has 0 saturated heterocycles. The van der Waals surface area contributed by atoms with Crippen LogP contribution < -0.4 is 10.6 Å². The Hall–Kier alpha value is -2.80. The fraction of sp³-hybridized carbons (Fsp3) is 0.188. The first-order valence-corrected chi connectivity index (χ1v) is 7.37. The number of nitrogens with one attached hydrogen (secondary N) is 2. The van der Waals surface area contributed by atoms with Gasteiger partial charge < -0.3 is 19.8 Å². The number of hydrogen-bond donors (Lipinski definition) is 2. The minimum absolute atomic E-state index is 0.0822. The van der Waals surface area contributed by atoms with E-state index >= 15 is 0 Å². The number of hydrogen-bond acceptors (Lipinski definition) is 5. The Balaban J connectivity index is 1.73. The van der Waals surface area contributed by atoms with E-state index in [-0.39, 0.29) is 12.3 Å². The van der Waals surface area contributed by atoms with E-state index in [0.717, 1.165) is 5.56 Å². The molecule has 0 radical (unpaired) electrons. The molecule has 1 aromatic carbocycles. The predicted octanol–water partition coefficient (Wildman–Crippen LogP) is 2.15. The highest BCUT2D eigenvalue weighted by Crippen LogP contribution is 2.19. The van der Waals surface area contributed by atoms with Gasteiger partial charge in [0.25, 0.3) is 11.8 Å². The molecule has 0 aliphatic carbocycles. The topological polar surface area (TPSA) is 97.6 Å². The molecule has 0 aliphatic rings. The second kappa shape index (κ2) is 8.16. The van der Waals surface area contributed by atoms with Crippen molar-refractivity contribution in [3.05, 3.63) is 52.9 Å². The first kappa shape index (κ1) is 17.6. The third-order valence-corrected chi connectivity index (χ3v) is 3.20. The number of benzene rings is 1. The second-order valence-electron chi connectivity index (χ2n) is 4.83. The normalized spacial score (nSPS) is 10.1. The minimum Gasteiger partial charge on any atom is -0.459 e. The molecule has 0 saturated carbocycles. The van der Waals surface area contributed by atoms with Gasteiger partial charge in [0, 0.05) is 10.7 Å². The van der Waals surface area contributed by atoms with E-state index in [1.54, 1.807) is 31.2 Å². The third kappa shape index (κ3) is 5.13. The highest BCUT2D eigenvalue weighted by Gasteiger charge is 2.12. The van der Waals surface area contributed by atoms with Crippen molar-refractivity contribution in [3.63, 3.8) is 0 Å². The van der Waals surface area contributed by atoms with Crippen LogP contribution in [0.25, 0.3) is 0 Å². The van der Waals surface area contributed by atoms with E-state index in [1.165, 1.54) is 12.3 Å². The van der Waals surface area contributed by atoms with Crippen molar-refractivity contribution in [2.45, 2.75) is 6.92 Å². The van der Waals surface area contributed by atoms with E-state index in [1.807, 2.05) is 0 Å². The van der Waals surface area contributed by atoms with Crippen LogP contribution in [0.5, 0.6) is 0 Å². The van der Waals surface area contributed by atoms with Gasteiger partial charge in [-0.3, -0.25) is 14.4 Å². The van der Waals surface area contributed by atoms with E-state index < -0.39 is 24.4 Å². The lowest BCUT2D eigenvalue weighted by atomic mass is 10.2. The zero-order valence-electron chi connectivity index (χ0n) is 12.8. The molecule has 126 valence electrons. The number of ether oxygens (including phenoxy) is 1. The van der Waals surface area contributed by atoms with Crippen LogP contribution in [0.15, 0.2) is 41.0 Å². The van der Waals surface area contributed by atoms with Crippen LogP contribution in [0.2, 0.25) is 5.02 Å². The zero-order chi connectivity index (χ0) is 17.5. The summed E-state index contributed by atoms with van der Waals surface area (Å²) in [6, 6.07) is 8.01. The van der Waals surface area contributed by atoms with Crippen molar-refractivity contribution < 1.29 is 23.5 Å². The minimum atomic E-state index is -0.738. The second-order valence-corrected chi connectivity index (χ2v) is 5.26. The van der Waals surface area contributed by atoms with E-state index in [4.69, 9.17) is 20.8 Å². The molecular weight excluding hydrogens is 336 g/mol. The number of rotatable bonds is 6. The first-order valence-electron chi connectivity index (χ1n) is 6.99. The summed E-state index contributed by atoms with van der Waals surface area (Å²) in [5, 5.41) is 5.48. The maximum Gasteiger partial charge on any atom is 0.325 e. The molecule has 0 atom stereocenters. The molecule has 0 aliphatic heterocycles. The Kier molecular flexibility index (Phi) is 5.97. The van der Waals surface area contributed by atoms with Gasteiger partial charge in [-0.2, -0.15) is 0 Å². The number of anilines is 1. The predicted molar refractivity (Wildman–Crippen MR) is 86.8 cm³/mol. The van der Waals surface area contributed by atoms with E-state index in [2.05, 4.69) is 10.6 Å². The molecule has 8 heteroatoms. The number of carbonyl (C=O) groups excluding carboxylic acids is 3. The summed E-state index contributed by atoms with van der Waals surface area (Å²) < 4.78 is 9.66. The zero-order valence-corrected chi connectivity index (χ0v) is 13.6. The summed E-state index contributed by atoms with van der Waals surface area (Å²) in [6.07, 6.45) is 1.34. The molecule has 24 heavy (non-hydrogen) atoms. The number of aryl methyl sites for hydroxylation is 1. The average Bonchev–Trinajstić information content (AvgIpc) is 3.08. The van der Waals surface area contributed by atoms with E-state index in [0.29, 0.717) is 10.7 Å². The van der Waals surface area contributed by atoms with Crippen LogP contribution in [-0.4, -0.2) is 30.9 Å². The number of furan rings is 1. The smallest absolute Gasteiger partial charge is 0.325 e. The Morgan fingerprint density at radius 2 is 2.04 bits per heavy atom. The maximum atomic E-state index is 11.8. The van der Waals surface area contributed by atoms with Crippen LogP contribution in [-0.2, 0) is 14.3 Å². The van der Waals surface area contributed by atoms with E-state index in [9.17, 15) is 14.4 Å².